The van der Waals surface area contributed by atoms with Crippen LogP contribution in [0.15, 0.2) is 12.1 Å². The Hall–Kier alpha value is -1.39. The summed E-state index contributed by atoms with van der Waals surface area (Å²) in [6.45, 7) is 9.01. The SMILES string of the molecule is CCCN1C[C@@H](NC=S)CC2c3ccc(C)c4[nH]c(C)c(c34)C[C@H]21. The van der Waals surface area contributed by atoms with E-state index in [9.17, 15) is 0 Å². The van der Waals surface area contributed by atoms with Crippen LogP contribution in [0.1, 0.15) is 48.1 Å². The van der Waals surface area contributed by atoms with Gasteiger partial charge in [-0.1, -0.05) is 31.3 Å². The van der Waals surface area contributed by atoms with Gasteiger partial charge in [-0.2, -0.15) is 0 Å². The highest BCUT2D eigenvalue weighted by Crippen LogP contribution is 2.45. The molecule has 4 rings (SSSR count). The first-order chi connectivity index (χ1) is 11.6. The summed E-state index contributed by atoms with van der Waals surface area (Å²) in [6.07, 6.45) is 3.56. The van der Waals surface area contributed by atoms with Crippen LogP contribution >= 0.6 is 12.2 Å². The molecule has 4 heteroatoms. The number of hydrogen-bond acceptors (Lipinski definition) is 2. The quantitative estimate of drug-likeness (QED) is 0.829. The molecule has 2 heterocycles. The van der Waals surface area contributed by atoms with Crippen molar-refractivity contribution in [1.29, 1.82) is 0 Å². The molecule has 1 aliphatic carbocycles. The summed E-state index contributed by atoms with van der Waals surface area (Å²) in [5, 5.41) is 4.93. The average Bonchev–Trinajstić information content (AvgIpc) is 2.90. The molecule has 1 aromatic heterocycles. The summed E-state index contributed by atoms with van der Waals surface area (Å²) in [5.74, 6) is 0.601. The summed E-state index contributed by atoms with van der Waals surface area (Å²) >= 11 is 5.07. The van der Waals surface area contributed by atoms with Gasteiger partial charge in [-0.05, 0) is 56.3 Å². The van der Waals surface area contributed by atoms with Crippen LogP contribution in [0.2, 0.25) is 0 Å². The van der Waals surface area contributed by atoms with Crippen molar-refractivity contribution in [2.45, 2.75) is 58.0 Å². The molecule has 2 N–H and O–H groups in total. The van der Waals surface area contributed by atoms with Crippen LogP contribution in [-0.4, -0.2) is 40.5 Å². The normalized spacial score (nSPS) is 26.4. The van der Waals surface area contributed by atoms with Gasteiger partial charge in [0.1, 0.15) is 0 Å². The fraction of sp³-hybridized carbons (Fsp3) is 0.550. The molecule has 1 unspecified atom stereocenters. The Morgan fingerprint density at radius 2 is 2.21 bits per heavy atom. The smallest absolute Gasteiger partial charge is 0.0617 e. The lowest BCUT2D eigenvalue weighted by molar-refractivity contribution is 0.105. The molecule has 128 valence electrons. The molecule has 2 aromatic rings. The molecule has 1 aromatic carbocycles. The van der Waals surface area contributed by atoms with E-state index in [1.165, 1.54) is 48.0 Å². The van der Waals surface area contributed by atoms with E-state index in [1.54, 1.807) is 16.6 Å². The molecule has 0 spiro atoms. The van der Waals surface area contributed by atoms with Crippen LogP contribution in [0, 0.1) is 13.8 Å². The van der Waals surface area contributed by atoms with E-state index in [1.807, 2.05) is 0 Å². The monoisotopic (exact) mass is 341 g/mol. The number of aryl methyl sites for hydroxylation is 2. The Balaban J connectivity index is 1.83. The standard InChI is InChI=1S/C20H27N3S/c1-4-7-23-10-14(21-11-24)8-17-15-6-5-12(2)20-19(15)16(9-18(17)23)13(3)22-20/h5-6,11,14,17-18,22H,4,7-10H2,1-3H3,(H,21,24)/t14-,17?,18+/m0/s1. The van der Waals surface area contributed by atoms with E-state index < -0.39 is 0 Å². The first kappa shape index (κ1) is 16.1. The molecule has 3 atom stereocenters. The molecule has 0 bridgehead atoms. The largest absolute Gasteiger partial charge is 0.378 e. The van der Waals surface area contributed by atoms with E-state index in [4.69, 9.17) is 12.2 Å². The van der Waals surface area contributed by atoms with Crippen molar-refractivity contribution in [2.24, 2.45) is 0 Å². The second-order valence-electron chi connectivity index (χ2n) is 7.54. The lowest BCUT2D eigenvalue weighted by Crippen LogP contribution is -2.55. The summed E-state index contributed by atoms with van der Waals surface area (Å²) in [7, 11) is 0. The van der Waals surface area contributed by atoms with Gasteiger partial charge in [0.25, 0.3) is 0 Å². The number of aromatic amines is 1. The van der Waals surface area contributed by atoms with Crippen LogP contribution in [0.5, 0.6) is 0 Å². The highest BCUT2D eigenvalue weighted by Gasteiger charge is 2.40. The molecular formula is C20H27N3S. The van der Waals surface area contributed by atoms with Gasteiger partial charge in [0.2, 0.25) is 0 Å². The van der Waals surface area contributed by atoms with E-state index in [-0.39, 0.29) is 0 Å². The third-order valence-corrected chi connectivity index (χ3v) is 6.20. The van der Waals surface area contributed by atoms with Gasteiger partial charge in [0.15, 0.2) is 0 Å². The van der Waals surface area contributed by atoms with Gasteiger partial charge in [0, 0.05) is 41.1 Å². The van der Waals surface area contributed by atoms with Crippen LogP contribution in [0.25, 0.3) is 10.9 Å². The number of thiocarbonyl (C=S) groups is 1. The number of H-pyrrole nitrogens is 1. The topological polar surface area (TPSA) is 31.1 Å². The molecule has 1 saturated heterocycles. The van der Waals surface area contributed by atoms with Gasteiger partial charge in [-0.25, -0.2) is 0 Å². The maximum Gasteiger partial charge on any atom is 0.0617 e. The fourth-order valence-corrected chi connectivity index (χ4v) is 5.20. The Morgan fingerprint density at radius 3 is 2.96 bits per heavy atom. The number of nitrogens with zero attached hydrogens (tertiary/aromatic N) is 1. The molecule has 24 heavy (non-hydrogen) atoms. The zero-order valence-electron chi connectivity index (χ0n) is 14.9. The minimum Gasteiger partial charge on any atom is -0.378 e. The van der Waals surface area contributed by atoms with Gasteiger partial charge in [0.05, 0.1) is 5.49 Å². The molecule has 1 fully saturated rings. The van der Waals surface area contributed by atoms with Crippen molar-refractivity contribution >= 4 is 28.6 Å². The number of rotatable bonds is 4. The summed E-state index contributed by atoms with van der Waals surface area (Å²) in [6, 6.07) is 5.77. The van der Waals surface area contributed by atoms with Crippen molar-refractivity contribution in [2.75, 3.05) is 13.1 Å². The lowest BCUT2D eigenvalue weighted by Gasteiger charge is -2.47. The zero-order valence-corrected chi connectivity index (χ0v) is 15.7. The number of fused-ring (bicyclic) bond motifs is 2. The maximum absolute atomic E-state index is 5.07. The van der Waals surface area contributed by atoms with Crippen molar-refractivity contribution in [3.63, 3.8) is 0 Å². The summed E-state index contributed by atoms with van der Waals surface area (Å²) in [5.41, 5.74) is 8.86. The molecule has 0 saturated carbocycles. The van der Waals surface area contributed by atoms with Gasteiger partial charge < -0.3 is 10.3 Å². The number of likely N-dealkylation sites (tertiary alicyclic amines) is 1. The summed E-state index contributed by atoms with van der Waals surface area (Å²) in [4.78, 5) is 6.36. The first-order valence-corrected chi connectivity index (χ1v) is 9.65. The molecule has 0 radical (unpaired) electrons. The second kappa shape index (κ2) is 6.16. The maximum atomic E-state index is 5.07. The minimum absolute atomic E-state index is 0.466. The van der Waals surface area contributed by atoms with E-state index in [0.717, 1.165) is 6.54 Å². The Kier molecular flexibility index (Phi) is 4.13. The second-order valence-corrected chi connectivity index (χ2v) is 7.78. The molecular weight excluding hydrogens is 314 g/mol. The van der Waals surface area contributed by atoms with Crippen molar-refractivity contribution in [1.82, 2.24) is 15.2 Å². The van der Waals surface area contributed by atoms with E-state index in [2.05, 4.69) is 48.1 Å². The lowest BCUT2D eigenvalue weighted by atomic mass is 9.73. The molecule has 3 nitrogen and oxygen atoms in total. The van der Waals surface area contributed by atoms with E-state index >= 15 is 0 Å². The Labute approximate surface area is 149 Å². The van der Waals surface area contributed by atoms with Gasteiger partial charge in [-0.3, -0.25) is 4.90 Å². The van der Waals surface area contributed by atoms with Crippen LogP contribution in [-0.2, 0) is 6.42 Å². The Bertz CT molecular complexity index is 779. The van der Waals surface area contributed by atoms with Crippen molar-refractivity contribution < 1.29 is 0 Å². The Morgan fingerprint density at radius 1 is 1.38 bits per heavy atom. The zero-order chi connectivity index (χ0) is 16.8. The highest BCUT2D eigenvalue weighted by atomic mass is 32.1. The number of aromatic nitrogens is 1. The van der Waals surface area contributed by atoms with Crippen LogP contribution in [0.3, 0.4) is 0 Å². The van der Waals surface area contributed by atoms with Crippen molar-refractivity contribution in [3.05, 3.63) is 34.5 Å². The minimum atomic E-state index is 0.466. The average molecular weight is 342 g/mol. The number of nitrogens with one attached hydrogen (secondary N) is 2. The predicted molar refractivity (Wildman–Crippen MR) is 105 cm³/mol. The fourth-order valence-electron chi connectivity index (χ4n) is 5.01. The molecule has 2 aliphatic rings. The van der Waals surface area contributed by atoms with Gasteiger partial charge in [-0.15, -0.1) is 0 Å². The number of benzene rings is 1. The number of hydrogen-bond donors (Lipinski definition) is 2. The number of piperidine rings is 1. The van der Waals surface area contributed by atoms with Gasteiger partial charge >= 0.3 is 0 Å². The highest BCUT2D eigenvalue weighted by molar-refractivity contribution is 7.78. The van der Waals surface area contributed by atoms with Crippen LogP contribution < -0.4 is 5.32 Å². The third kappa shape index (κ3) is 2.39. The van der Waals surface area contributed by atoms with Crippen molar-refractivity contribution in [3.8, 4) is 0 Å². The predicted octanol–water partition coefficient (Wildman–Crippen LogP) is 3.82. The molecule has 0 amide bonds. The van der Waals surface area contributed by atoms with E-state index in [0.29, 0.717) is 18.0 Å². The molecule has 1 aliphatic heterocycles. The van der Waals surface area contributed by atoms with Crippen LogP contribution in [0.4, 0.5) is 0 Å². The summed E-state index contributed by atoms with van der Waals surface area (Å²) < 4.78 is 0. The third-order valence-electron chi connectivity index (χ3n) is 6.07. The first-order valence-electron chi connectivity index (χ1n) is 9.18.